The highest BCUT2D eigenvalue weighted by molar-refractivity contribution is 7.18. The molecule has 5 aromatic rings. The van der Waals surface area contributed by atoms with Crippen LogP contribution in [0, 0.1) is 0 Å². The summed E-state index contributed by atoms with van der Waals surface area (Å²) in [4.78, 5) is 41.7. The fraction of sp³-hybridized carbons (Fsp3) is 0.120. The van der Waals surface area contributed by atoms with Gasteiger partial charge in [-0.1, -0.05) is 41.7 Å². The Labute approximate surface area is 230 Å². The molecule has 0 fully saturated rings. The quantitative estimate of drug-likeness (QED) is 0.166. The predicted octanol–water partition coefficient (Wildman–Crippen LogP) is 4.25. The van der Waals surface area contributed by atoms with Crippen LogP contribution < -0.4 is 10.6 Å². The summed E-state index contributed by atoms with van der Waals surface area (Å²) in [6.45, 7) is 0. The van der Waals surface area contributed by atoms with Crippen LogP contribution in [0.1, 0.15) is 16.1 Å². The molecule has 210 valence electrons. The largest absolute Gasteiger partial charge is 0.505 e. The molecule has 6 N–H and O–H groups in total. The molecule has 2 aromatic carbocycles. The average Bonchev–Trinajstić information content (AvgIpc) is 3.52. The zero-order valence-electron chi connectivity index (χ0n) is 20.4. The Hall–Kier alpha value is -5.25. The van der Waals surface area contributed by atoms with Gasteiger partial charge in [-0.3, -0.25) is 4.79 Å². The predicted molar refractivity (Wildman–Crippen MR) is 141 cm³/mol. The molecule has 1 atom stereocenters. The van der Waals surface area contributed by atoms with Crippen molar-refractivity contribution >= 4 is 61.9 Å². The van der Waals surface area contributed by atoms with Crippen molar-refractivity contribution in [3.05, 3.63) is 59.8 Å². The lowest BCUT2D eigenvalue weighted by molar-refractivity contribution is -0.192. The van der Waals surface area contributed by atoms with Crippen LogP contribution in [0.2, 0.25) is 0 Å². The van der Waals surface area contributed by atoms with E-state index in [0.29, 0.717) is 32.5 Å². The van der Waals surface area contributed by atoms with Crippen LogP contribution in [0.4, 0.5) is 24.1 Å². The molecule has 5 bridgehead atoms. The number of aliphatic carboxylic acids is 2. The Balaban J connectivity index is 0.000000431. The molecule has 1 amide bonds. The fourth-order valence-electron chi connectivity index (χ4n) is 4.11. The molecule has 3 aromatic heterocycles. The van der Waals surface area contributed by atoms with Crippen molar-refractivity contribution in [2.45, 2.75) is 18.6 Å². The third-order valence-corrected chi connectivity index (χ3v) is 6.91. The van der Waals surface area contributed by atoms with Gasteiger partial charge in [-0.25, -0.2) is 14.6 Å². The van der Waals surface area contributed by atoms with Crippen LogP contribution in [0.15, 0.2) is 48.5 Å². The van der Waals surface area contributed by atoms with E-state index in [1.807, 2.05) is 24.3 Å². The monoisotopic (exact) mass is 586 g/mol. The van der Waals surface area contributed by atoms with Crippen LogP contribution in [0.25, 0.3) is 32.4 Å². The summed E-state index contributed by atoms with van der Waals surface area (Å²) in [5.74, 6) is -4.08. The zero-order chi connectivity index (χ0) is 29.5. The van der Waals surface area contributed by atoms with E-state index in [0.717, 1.165) is 22.2 Å². The number of hydrogen-bond acceptors (Lipinski definition) is 9. The highest BCUT2D eigenvalue weighted by Gasteiger charge is 2.38. The molecule has 0 spiro atoms. The molecule has 4 heterocycles. The summed E-state index contributed by atoms with van der Waals surface area (Å²) in [6.07, 6.45) is -5.02. The van der Waals surface area contributed by atoms with Gasteiger partial charge in [0.1, 0.15) is 23.1 Å². The number of anilines is 2. The van der Waals surface area contributed by atoms with Gasteiger partial charge in [0.15, 0.2) is 10.8 Å². The van der Waals surface area contributed by atoms with Gasteiger partial charge in [0.25, 0.3) is 5.91 Å². The van der Waals surface area contributed by atoms with Crippen molar-refractivity contribution in [2.75, 3.05) is 10.6 Å². The molecule has 0 aliphatic carbocycles. The van der Waals surface area contributed by atoms with Gasteiger partial charge < -0.3 is 30.9 Å². The molecule has 0 radical (unpaired) electrons. The summed E-state index contributed by atoms with van der Waals surface area (Å²) in [7, 11) is 0. The Morgan fingerprint density at radius 3 is 2.44 bits per heavy atom. The first kappa shape index (κ1) is 27.3. The van der Waals surface area contributed by atoms with E-state index < -0.39 is 30.1 Å². The fourth-order valence-corrected chi connectivity index (χ4v) is 4.94. The molecule has 12 nitrogen and oxygen atoms in total. The molecular weight excluding hydrogens is 569 g/mol. The number of rotatable bonds is 1. The number of para-hydroxylation sites is 1. The maximum Gasteiger partial charge on any atom is 0.490 e. The third-order valence-electron chi connectivity index (χ3n) is 6.02. The number of carbonyl (C=O) groups is 3. The van der Waals surface area contributed by atoms with Crippen LogP contribution in [0.3, 0.4) is 0 Å². The second-order valence-electron chi connectivity index (χ2n) is 8.66. The average molecular weight is 587 g/mol. The summed E-state index contributed by atoms with van der Waals surface area (Å²) in [5.41, 5.74) is 2.13. The topological polar surface area (TPSA) is 190 Å². The summed E-state index contributed by atoms with van der Waals surface area (Å²) in [5, 5.41) is 44.0. The molecular formula is C25H17F3N6O6S. The highest BCUT2D eigenvalue weighted by Crippen LogP contribution is 2.38. The number of carboxylic acid groups (broad SMARTS) is 2. The first-order chi connectivity index (χ1) is 19.4. The minimum atomic E-state index is -5.08. The van der Waals surface area contributed by atoms with E-state index in [1.165, 1.54) is 0 Å². The van der Waals surface area contributed by atoms with Crippen molar-refractivity contribution in [3.8, 4) is 16.3 Å². The van der Waals surface area contributed by atoms with Crippen molar-refractivity contribution < 1.29 is 42.9 Å². The number of nitrogens with one attached hydrogen (secondary N) is 3. The van der Waals surface area contributed by atoms with E-state index in [-0.39, 0.29) is 23.4 Å². The SMILES string of the molecule is O=C(O)C(F)(F)F.O=C1Nc2[nH]c3ccccc3c2C[C@@H](C(=O)O)Nc2nnc(s2)-c2ccc3ccc1nc3c2O. The molecule has 0 unspecified atom stereocenters. The van der Waals surface area contributed by atoms with E-state index in [4.69, 9.17) is 9.90 Å². The smallest absolute Gasteiger partial charge is 0.490 e. The Morgan fingerprint density at radius 1 is 1.02 bits per heavy atom. The standard InChI is InChI=1S/C23H16N6O4S.C2HF3O2/c30-18-12-7-5-10-6-8-15(24-17(10)18)20(31)27-19-13(11-3-1-2-4-14(11)25-19)9-16(22(32)33)26-23-29-28-21(12)34-23;3-2(4,5)1(6)7/h1-8,16,25,30H,9H2,(H,26,29)(H,27,31)(H,32,33);(H,6,7)/t16-;/m0./s1. The lowest BCUT2D eigenvalue weighted by Crippen LogP contribution is -2.31. The minimum Gasteiger partial charge on any atom is -0.505 e. The number of amides is 1. The number of hydrogen-bond donors (Lipinski definition) is 6. The van der Waals surface area contributed by atoms with Gasteiger partial charge >= 0.3 is 18.1 Å². The zero-order valence-corrected chi connectivity index (χ0v) is 21.2. The van der Waals surface area contributed by atoms with Gasteiger partial charge in [0.05, 0.1) is 5.56 Å². The van der Waals surface area contributed by atoms with Gasteiger partial charge in [-0.2, -0.15) is 13.2 Å². The number of carboxylic acids is 2. The van der Waals surface area contributed by atoms with Crippen molar-refractivity contribution in [2.24, 2.45) is 0 Å². The molecule has 0 saturated heterocycles. The highest BCUT2D eigenvalue weighted by atomic mass is 32.1. The van der Waals surface area contributed by atoms with Crippen LogP contribution in [-0.4, -0.2) is 65.5 Å². The van der Waals surface area contributed by atoms with Gasteiger partial charge in [-0.15, -0.1) is 10.2 Å². The van der Waals surface area contributed by atoms with Crippen molar-refractivity contribution in [1.82, 2.24) is 20.2 Å². The van der Waals surface area contributed by atoms with Gasteiger partial charge in [0, 0.05) is 28.3 Å². The Kier molecular flexibility index (Phi) is 6.92. The molecule has 1 aliphatic rings. The van der Waals surface area contributed by atoms with E-state index in [2.05, 4.69) is 30.8 Å². The summed E-state index contributed by atoms with van der Waals surface area (Å²) >= 11 is 1.12. The Bertz CT molecular complexity index is 1840. The minimum absolute atomic E-state index is 0.0648. The van der Waals surface area contributed by atoms with E-state index >= 15 is 0 Å². The molecule has 6 rings (SSSR count). The lowest BCUT2D eigenvalue weighted by Gasteiger charge is -2.14. The molecule has 1 aliphatic heterocycles. The first-order valence-corrected chi connectivity index (χ1v) is 12.4. The number of carbonyl (C=O) groups excluding carboxylic acids is 1. The number of nitrogens with zero attached hydrogens (tertiary/aromatic N) is 3. The molecule has 0 saturated carbocycles. The Morgan fingerprint density at radius 2 is 1.73 bits per heavy atom. The number of phenolic OH excluding ortho intramolecular Hbond substituents is 1. The molecule has 16 heteroatoms. The number of aromatic amines is 1. The number of fused-ring (bicyclic) bond motifs is 8. The van der Waals surface area contributed by atoms with Gasteiger partial charge in [-0.05, 0) is 18.2 Å². The third kappa shape index (κ3) is 5.44. The second-order valence-corrected chi connectivity index (χ2v) is 9.64. The summed E-state index contributed by atoms with van der Waals surface area (Å²) < 4.78 is 31.7. The maximum atomic E-state index is 13.1. The van der Waals surface area contributed by atoms with Crippen LogP contribution in [-0.2, 0) is 16.0 Å². The number of benzene rings is 2. The van der Waals surface area contributed by atoms with Crippen LogP contribution >= 0.6 is 11.3 Å². The number of aromatic hydroxyl groups is 1. The van der Waals surface area contributed by atoms with Crippen molar-refractivity contribution in [3.63, 3.8) is 0 Å². The van der Waals surface area contributed by atoms with E-state index in [9.17, 15) is 33.0 Å². The normalized spacial score (nSPS) is 14.8. The van der Waals surface area contributed by atoms with Gasteiger partial charge in [0.2, 0.25) is 5.13 Å². The number of pyridine rings is 1. The number of alkyl halides is 3. The number of H-pyrrole nitrogens is 1. The first-order valence-electron chi connectivity index (χ1n) is 11.6. The molecule has 41 heavy (non-hydrogen) atoms. The second kappa shape index (κ2) is 10.4. The summed E-state index contributed by atoms with van der Waals surface area (Å²) in [6, 6.07) is 13.1. The number of aromatic nitrogens is 4. The number of phenols is 1. The van der Waals surface area contributed by atoms with E-state index in [1.54, 1.807) is 24.3 Å². The number of halogens is 3. The maximum absolute atomic E-state index is 13.1. The lowest BCUT2D eigenvalue weighted by atomic mass is 10.0. The van der Waals surface area contributed by atoms with Crippen molar-refractivity contribution in [1.29, 1.82) is 0 Å². The van der Waals surface area contributed by atoms with Crippen LogP contribution in [0.5, 0.6) is 5.75 Å².